The second-order valence-corrected chi connectivity index (χ2v) is 10.5. The second kappa shape index (κ2) is 23.6. The molecule has 3 N–H and O–H groups in total. The molecule has 0 aromatic carbocycles. The van der Waals surface area contributed by atoms with Gasteiger partial charge in [-0.05, 0) is 52.1 Å². The SMILES string of the molecule is C=CCC(C(=O)O)(C(CCCCCCCC)C(=O)O)S(=O)(=O)O.CCN(CC)CC.CCN(CC)CC. The molecule has 2 atom stereocenters. The number of nitrogens with zero attached hydrogens (tertiary/aromatic N) is 2. The Morgan fingerprint density at radius 2 is 1.16 bits per heavy atom. The van der Waals surface area contributed by atoms with Crippen LogP contribution in [0.5, 0.6) is 0 Å². The van der Waals surface area contributed by atoms with Crippen molar-refractivity contribution in [2.75, 3.05) is 39.3 Å². The van der Waals surface area contributed by atoms with Gasteiger partial charge in [0.25, 0.3) is 10.1 Å². The summed E-state index contributed by atoms with van der Waals surface area (Å²) in [5.41, 5.74) is 0. The standard InChI is InChI=1S/C15H26O7S.2C6H15N/c1-3-5-6-7-8-9-10-12(13(16)17)15(11-4-2,14(18)19)23(20,21)22;2*1-4-7(5-2)6-3/h4,12H,2-3,5-11H2,1H3,(H,16,17)(H,18,19)(H,20,21,22);2*4-6H2,1-3H3. The minimum absolute atomic E-state index is 0.138. The average Bonchev–Trinajstić information content (AvgIpc) is 2.84. The van der Waals surface area contributed by atoms with Crippen molar-refractivity contribution >= 4 is 22.1 Å². The molecule has 0 aromatic heterocycles. The summed E-state index contributed by atoms with van der Waals surface area (Å²) in [4.78, 5) is 27.7. The van der Waals surface area contributed by atoms with Crippen LogP contribution in [-0.2, 0) is 19.7 Å². The van der Waals surface area contributed by atoms with Crippen molar-refractivity contribution in [3.63, 3.8) is 0 Å². The van der Waals surface area contributed by atoms with E-state index in [0.29, 0.717) is 12.8 Å². The number of unbranched alkanes of at least 4 members (excludes halogenated alkanes) is 5. The summed E-state index contributed by atoms with van der Waals surface area (Å²) in [5, 5.41) is 18.6. The summed E-state index contributed by atoms with van der Waals surface area (Å²) in [6.07, 6.45) is 5.22. The van der Waals surface area contributed by atoms with Gasteiger partial charge in [0, 0.05) is 0 Å². The molecule has 222 valence electrons. The predicted octanol–water partition coefficient (Wildman–Crippen LogP) is 5.42. The molecule has 0 rings (SSSR count). The first-order valence-corrected chi connectivity index (χ1v) is 15.3. The number of hydrogen-bond donors (Lipinski definition) is 3. The van der Waals surface area contributed by atoms with Crippen LogP contribution in [0.1, 0.15) is 99.8 Å². The molecule has 0 heterocycles. The number of hydrogen-bond acceptors (Lipinski definition) is 6. The zero-order valence-corrected chi connectivity index (χ0v) is 25.4. The maximum atomic E-state index is 11.7. The summed E-state index contributed by atoms with van der Waals surface area (Å²) in [6, 6.07) is 0. The summed E-state index contributed by atoms with van der Waals surface area (Å²) in [7, 11) is -5.14. The molecule has 0 fully saturated rings. The van der Waals surface area contributed by atoms with Gasteiger partial charge >= 0.3 is 11.9 Å². The Kier molecular flexibility index (Phi) is 25.5. The highest BCUT2D eigenvalue weighted by Gasteiger charge is 2.58. The third-order valence-electron chi connectivity index (χ3n) is 6.66. The van der Waals surface area contributed by atoms with Crippen LogP contribution in [0.25, 0.3) is 0 Å². The summed E-state index contributed by atoms with van der Waals surface area (Å²) < 4.78 is 29.9. The molecule has 37 heavy (non-hydrogen) atoms. The first-order valence-electron chi connectivity index (χ1n) is 13.8. The van der Waals surface area contributed by atoms with Gasteiger partial charge in [0.15, 0.2) is 0 Å². The molecule has 0 amide bonds. The van der Waals surface area contributed by atoms with E-state index >= 15 is 0 Å². The fraction of sp³-hybridized carbons (Fsp3) is 0.852. The van der Waals surface area contributed by atoms with E-state index in [-0.39, 0.29) is 6.42 Å². The predicted molar refractivity (Wildman–Crippen MR) is 153 cm³/mol. The van der Waals surface area contributed by atoms with E-state index in [9.17, 15) is 32.8 Å². The maximum absolute atomic E-state index is 11.7. The normalized spacial score (nSPS) is 13.6. The zero-order chi connectivity index (χ0) is 29.5. The van der Waals surface area contributed by atoms with E-state index in [1.807, 2.05) is 0 Å². The minimum Gasteiger partial charge on any atom is -0.481 e. The third kappa shape index (κ3) is 16.2. The van der Waals surface area contributed by atoms with Crippen molar-refractivity contribution in [1.29, 1.82) is 0 Å². The molecule has 2 unspecified atom stereocenters. The van der Waals surface area contributed by atoms with Gasteiger partial charge in [-0.25, -0.2) is 0 Å². The molecule has 0 aliphatic carbocycles. The number of allylic oxidation sites excluding steroid dienone is 1. The number of carboxylic acids is 2. The van der Waals surface area contributed by atoms with E-state index in [1.54, 1.807) is 0 Å². The molecule has 0 radical (unpaired) electrons. The molecular formula is C27H56N2O7S. The topological polar surface area (TPSA) is 135 Å². The number of rotatable bonds is 19. The van der Waals surface area contributed by atoms with E-state index in [4.69, 9.17) is 0 Å². The van der Waals surface area contributed by atoms with Crippen molar-refractivity contribution < 1.29 is 32.8 Å². The monoisotopic (exact) mass is 552 g/mol. The van der Waals surface area contributed by atoms with Crippen molar-refractivity contribution in [1.82, 2.24) is 9.80 Å². The van der Waals surface area contributed by atoms with Gasteiger partial charge in [0.1, 0.15) is 0 Å². The van der Waals surface area contributed by atoms with Crippen LogP contribution in [0.4, 0.5) is 0 Å². The van der Waals surface area contributed by atoms with E-state index in [1.165, 1.54) is 39.3 Å². The van der Waals surface area contributed by atoms with Crippen LogP contribution in [0.2, 0.25) is 0 Å². The molecule has 0 saturated heterocycles. The maximum Gasteiger partial charge on any atom is 0.328 e. The molecule has 9 nitrogen and oxygen atoms in total. The quantitative estimate of drug-likeness (QED) is 0.109. The van der Waals surface area contributed by atoms with Crippen molar-refractivity contribution in [3.8, 4) is 0 Å². The highest BCUT2D eigenvalue weighted by molar-refractivity contribution is 7.88. The second-order valence-electron chi connectivity index (χ2n) is 8.85. The van der Waals surface area contributed by atoms with Gasteiger partial charge in [-0.2, -0.15) is 8.42 Å². The number of carboxylic acid groups (broad SMARTS) is 2. The van der Waals surface area contributed by atoms with E-state index < -0.39 is 39.1 Å². The Labute approximate surface area is 227 Å². The van der Waals surface area contributed by atoms with Gasteiger partial charge in [0.2, 0.25) is 4.75 Å². The molecular weight excluding hydrogens is 496 g/mol. The fourth-order valence-electron chi connectivity index (χ4n) is 4.01. The van der Waals surface area contributed by atoms with Crippen LogP contribution in [0, 0.1) is 5.92 Å². The van der Waals surface area contributed by atoms with Crippen LogP contribution in [0.3, 0.4) is 0 Å². The first kappa shape index (κ1) is 40.0. The molecule has 0 aliphatic rings. The van der Waals surface area contributed by atoms with Crippen LogP contribution >= 0.6 is 0 Å². The summed E-state index contributed by atoms with van der Waals surface area (Å²) in [5.74, 6) is -5.17. The van der Waals surface area contributed by atoms with Gasteiger partial charge in [-0.1, -0.05) is 93.1 Å². The molecule has 0 aromatic rings. The lowest BCUT2D eigenvalue weighted by atomic mass is 9.84. The Bertz CT molecular complexity index is 670. The molecule has 0 bridgehead atoms. The Hall–Kier alpha value is -1.49. The lowest BCUT2D eigenvalue weighted by Gasteiger charge is -2.31. The lowest BCUT2D eigenvalue weighted by Crippen LogP contribution is -2.54. The number of carbonyl (C=O) groups is 2. The zero-order valence-electron chi connectivity index (χ0n) is 24.5. The van der Waals surface area contributed by atoms with Gasteiger partial charge in [0.05, 0.1) is 5.92 Å². The third-order valence-corrected chi connectivity index (χ3v) is 8.21. The fourth-order valence-corrected chi connectivity index (χ4v) is 5.14. The lowest BCUT2D eigenvalue weighted by molar-refractivity contribution is -0.152. The Balaban J connectivity index is -0.000000670. The van der Waals surface area contributed by atoms with Crippen LogP contribution in [-0.4, -0.2) is 88.9 Å². The average molecular weight is 553 g/mol. The molecule has 0 aliphatic heterocycles. The van der Waals surface area contributed by atoms with Gasteiger partial charge in [-0.3, -0.25) is 14.1 Å². The highest BCUT2D eigenvalue weighted by atomic mass is 32.2. The van der Waals surface area contributed by atoms with E-state index in [2.05, 4.69) is 64.8 Å². The largest absolute Gasteiger partial charge is 0.481 e. The smallest absolute Gasteiger partial charge is 0.328 e. The van der Waals surface area contributed by atoms with E-state index in [0.717, 1.165) is 31.8 Å². The number of aliphatic carboxylic acids is 2. The van der Waals surface area contributed by atoms with Crippen LogP contribution < -0.4 is 0 Å². The molecule has 0 spiro atoms. The summed E-state index contributed by atoms with van der Waals surface area (Å²) in [6.45, 7) is 25.6. The highest BCUT2D eigenvalue weighted by Crippen LogP contribution is 2.35. The molecule has 10 heteroatoms. The molecule has 0 saturated carbocycles. The van der Waals surface area contributed by atoms with Crippen LogP contribution in [0.15, 0.2) is 12.7 Å². The first-order chi connectivity index (χ1) is 17.3. The van der Waals surface area contributed by atoms with Crippen molar-refractivity contribution in [2.24, 2.45) is 5.92 Å². The Morgan fingerprint density at radius 1 is 0.784 bits per heavy atom. The van der Waals surface area contributed by atoms with Gasteiger partial charge in [-0.15, -0.1) is 6.58 Å². The van der Waals surface area contributed by atoms with Gasteiger partial charge < -0.3 is 20.0 Å². The van der Waals surface area contributed by atoms with Crippen molar-refractivity contribution in [3.05, 3.63) is 12.7 Å². The van der Waals surface area contributed by atoms with Crippen molar-refractivity contribution in [2.45, 2.75) is 105 Å². The summed E-state index contributed by atoms with van der Waals surface area (Å²) >= 11 is 0. The Morgan fingerprint density at radius 3 is 1.41 bits per heavy atom. The minimum atomic E-state index is -5.14.